The Morgan fingerprint density at radius 3 is 2.46 bits per heavy atom. The Hall–Kier alpha value is -2.01. The maximum absolute atomic E-state index is 14.2. The number of nitrogens with zero attached hydrogens (tertiary/aromatic N) is 2. The summed E-state index contributed by atoms with van der Waals surface area (Å²) in [4.78, 5) is 5.92. The minimum Gasteiger partial charge on any atom is -0.329 e. The summed E-state index contributed by atoms with van der Waals surface area (Å²) in [5.74, 6) is -0.553. The first-order chi connectivity index (χ1) is 11.3. The van der Waals surface area contributed by atoms with Crippen LogP contribution in [0.15, 0.2) is 58.6 Å². The number of hydrogen-bond donors (Lipinski definition) is 0. The minimum absolute atomic E-state index is 0.211. The molecule has 5 heteroatoms. The highest BCUT2D eigenvalue weighted by Crippen LogP contribution is 2.29. The molecular formula is C19H19BrF2N2. The van der Waals surface area contributed by atoms with Crippen molar-refractivity contribution in [2.24, 2.45) is 4.99 Å². The minimum atomic E-state index is -0.666. The lowest BCUT2D eigenvalue weighted by Gasteiger charge is -2.23. The molecule has 0 atom stereocenters. The van der Waals surface area contributed by atoms with Gasteiger partial charge in [0.2, 0.25) is 0 Å². The van der Waals surface area contributed by atoms with E-state index in [4.69, 9.17) is 0 Å². The van der Waals surface area contributed by atoms with Gasteiger partial charge in [0.25, 0.3) is 0 Å². The molecule has 0 fully saturated rings. The van der Waals surface area contributed by atoms with Crippen molar-refractivity contribution in [2.45, 2.75) is 19.8 Å². The Balaban J connectivity index is 2.47. The van der Waals surface area contributed by atoms with Crippen LogP contribution in [0.25, 0.3) is 0 Å². The Morgan fingerprint density at radius 2 is 1.92 bits per heavy atom. The predicted molar refractivity (Wildman–Crippen MR) is 99.7 cm³/mol. The largest absolute Gasteiger partial charge is 0.329 e. The van der Waals surface area contributed by atoms with Gasteiger partial charge in [0.1, 0.15) is 17.5 Å². The molecule has 126 valence electrons. The molecule has 0 aliphatic carbocycles. The third-order valence-corrected chi connectivity index (χ3v) is 4.38. The molecule has 0 unspecified atom stereocenters. The van der Waals surface area contributed by atoms with Crippen LogP contribution in [0, 0.1) is 11.6 Å². The zero-order valence-electron chi connectivity index (χ0n) is 13.9. The monoisotopic (exact) mass is 392 g/mol. The molecule has 0 N–H and O–H groups in total. The lowest BCUT2D eigenvalue weighted by Crippen LogP contribution is -2.28. The van der Waals surface area contributed by atoms with Crippen LogP contribution in [0.5, 0.6) is 0 Å². The summed E-state index contributed by atoms with van der Waals surface area (Å²) >= 11 is 3.57. The third kappa shape index (κ3) is 3.90. The molecule has 2 aromatic carbocycles. The van der Waals surface area contributed by atoms with Gasteiger partial charge in [0, 0.05) is 29.5 Å². The first-order valence-corrected chi connectivity index (χ1v) is 8.31. The summed E-state index contributed by atoms with van der Waals surface area (Å²) in [6.45, 7) is 7.81. The predicted octanol–water partition coefficient (Wildman–Crippen LogP) is 5.88. The smallest absolute Gasteiger partial charge is 0.142 e. The van der Waals surface area contributed by atoms with E-state index in [0.29, 0.717) is 11.8 Å². The number of rotatable bonds is 4. The second kappa shape index (κ2) is 7.71. The molecule has 0 saturated heterocycles. The number of aliphatic imine (C=N–C) groups is 1. The van der Waals surface area contributed by atoms with Crippen LogP contribution in [0.1, 0.15) is 30.9 Å². The highest BCUT2D eigenvalue weighted by molar-refractivity contribution is 9.10. The molecule has 24 heavy (non-hydrogen) atoms. The van der Waals surface area contributed by atoms with E-state index in [1.165, 1.54) is 23.9 Å². The van der Waals surface area contributed by atoms with Gasteiger partial charge in [0.15, 0.2) is 0 Å². The van der Waals surface area contributed by atoms with E-state index in [9.17, 15) is 8.78 Å². The number of anilines is 1. The van der Waals surface area contributed by atoms with Crippen LogP contribution < -0.4 is 4.90 Å². The van der Waals surface area contributed by atoms with Gasteiger partial charge < -0.3 is 4.90 Å². The van der Waals surface area contributed by atoms with Crippen molar-refractivity contribution in [3.63, 3.8) is 0 Å². The maximum Gasteiger partial charge on any atom is 0.142 e. The normalized spacial score (nSPS) is 11.7. The zero-order valence-corrected chi connectivity index (χ0v) is 15.4. The highest BCUT2D eigenvalue weighted by atomic mass is 79.9. The first kappa shape index (κ1) is 18.3. The second-order valence-corrected chi connectivity index (χ2v) is 6.53. The van der Waals surface area contributed by atoms with Crippen molar-refractivity contribution in [1.29, 1.82) is 0 Å². The lowest BCUT2D eigenvalue weighted by molar-refractivity contribution is 0.581. The van der Waals surface area contributed by atoms with Crippen molar-refractivity contribution >= 4 is 27.5 Å². The Labute approximate surface area is 149 Å². The van der Waals surface area contributed by atoms with E-state index in [2.05, 4.69) is 41.3 Å². The van der Waals surface area contributed by atoms with Gasteiger partial charge in [-0.05, 0) is 35.7 Å². The molecule has 0 radical (unpaired) electrons. The Bertz CT molecular complexity index is 785. The molecule has 2 rings (SSSR count). The molecule has 0 aliphatic heterocycles. The van der Waals surface area contributed by atoms with Crippen molar-refractivity contribution < 1.29 is 8.78 Å². The summed E-state index contributed by atoms with van der Waals surface area (Å²) in [6.07, 6.45) is 1.34. The van der Waals surface area contributed by atoms with Crippen LogP contribution in [-0.2, 0) is 0 Å². The van der Waals surface area contributed by atoms with E-state index in [-0.39, 0.29) is 5.56 Å². The first-order valence-electron chi connectivity index (χ1n) is 7.52. The number of amidine groups is 1. The van der Waals surface area contributed by atoms with E-state index in [1.807, 2.05) is 18.2 Å². The fraction of sp³-hybridized carbons (Fsp3) is 0.211. The summed E-state index contributed by atoms with van der Waals surface area (Å²) in [7, 11) is 1.78. The molecule has 2 nitrogen and oxygen atoms in total. The Morgan fingerprint density at radius 1 is 1.21 bits per heavy atom. The van der Waals surface area contributed by atoms with Gasteiger partial charge in [-0.25, -0.2) is 13.8 Å². The van der Waals surface area contributed by atoms with E-state index >= 15 is 0 Å². The number of halogens is 3. The standard InChI is InChI=1S/C19H19BrF2N2/c1-5-23-19(16-8-6-13(21)10-18(16)22)24(4)14-7-9-15(12(2)3)17(20)11-14/h5-12H,1H2,2-4H3. The van der Waals surface area contributed by atoms with Gasteiger partial charge in [-0.2, -0.15) is 0 Å². The molecule has 0 amide bonds. The summed E-state index contributed by atoms with van der Waals surface area (Å²) < 4.78 is 28.3. The quantitative estimate of drug-likeness (QED) is 0.468. The van der Waals surface area contributed by atoms with Gasteiger partial charge in [-0.15, -0.1) is 0 Å². The van der Waals surface area contributed by atoms with E-state index in [0.717, 1.165) is 16.2 Å². The average Bonchev–Trinajstić information content (AvgIpc) is 2.52. The van der Waals surface area contributed by atoms with Crippen molar-refractivity contribution in [3.8, 4) is 0 Å². The third-order valence-electron chi connectivity index (χ3n) is 3.70. The molecule has 0 bridgehead atoms. The average molecular weight is 393 g/mol. The van der Waals surface area contributed by atoms with Gasteiger partial charge in [0.05, 0.1) is 5.56 Å². The van der Waals surface area contributed by atoms with Crippen molar-refractivity contribution in [1.82, 2.24) is 0 Å². The van der Waals surface area contributed by atoms with Crippen LogP contribution >= 0.6 is 15.9 Å². The van der Waals surface area contributed by atoms with E-state index in [1.54, 1.807) is 11.9 Å². The number of hydrogen-bond acceptors (Lipinski definition) is 1. The molecule has 2 aromatic rings. The SMILES string of the molecule is C=CN=C(c1ccc(F)cc1F)N(C)c1ccc(C(C)C)c(Br)c1. The molecule has 0 heterocycles. The number of benzene rings is 2. The van der Waals surface area contributed by atoms with Crippen LogP contribution in [0.2, 0.25) is 0 Å². The zero-order chi connectivity index (χ0) is 17.9. The van der Waals surface area contributed by atoms with Crippen LogP contribution in [0.4, 0.5) is 14.5 Å². The lowest BCUT2D eigenvalue weighted by atomic mass is 10.0. The van der Waals surface area contributed by atoms with Crippen LogP contribution in [-0.4, -0.2) is 12.9 Å². The molecule has 0 aliphatic rings. The fourth-order valence-electron chi connectivity index (χ4n) is 2.41. The summed E-state index contributed by atoms with van der Waals surface area (Å²) in [6, 6.07) is 9.35. The second-order valence-electron chi connectivity index (χ2n) is 5.68. The summed E-state index contributed by atoms with van der Waals surface area (Å²) in [5.41, 5.74) is 2.22. The fourth-order valence-corrected chi connectivity index (χ4v) is 3.23. The molecule has 0 aromatic heterocycles. The van der Waals surface area contributed by atoms with Crippen molar-refractivity contribution in [3.05, 3.63) is 76.4 Å². The van der Waals surface area contributed by atoms with Gasteiger partial charge in [-0.1, -0.05) is 42.4 Å². The molecular weight excluding hydrogens is 374 g/mol. The maximum atomic E-state index is 14.2. The molecule has 0 spiro atoms. The topological polar surface area (TPSA) is 15.6 Å². The van der Waals surface area contributed by atoms with Crippen molar-refractivity contribution in [2.75, 3.05) is 11.9 Å². The summed E-state index contributed by atoms with van der Waals surface area (Å²) in [5, 5.41) is 0. The van der Waals surface area contributed by atoms with E-state index < -0.39 is 11.6 Å². The highest BCUT2D eigenvalue weighted by Gasteiger charge is 2.17. The van der Waals surface area contributed by atoms with Crippen LogP contribution in [0.3, 0.4) is 0 Å². The van der Waals surface area contributed by atoms with Gasteiger partial charge >= 0.3 is 0 Å². The Kier molecular flexibility index (Phi) is 5.89. The van der Waals surface area contributed by atoms with Gasteiger partial charge in [-0.3, -0.25) is 0 Å². The molecule has 0 saturated carbocycles.